The Morgan fingerprint density at radius 1 is 1.18 bits per heavy atom. The lowest BCUT2D eigenvalue weighted by Gasteiger charge is -2.41. The highest BCUT2D eigenvalue weighted by atomic mass is 16.5. The van der Waals surface area contributed by atoms with Gasteiger partial charge < -0.3 is 15.0 Å². The molecule has 2 heterocycles. The predicted molar refractivity (Wildman–Crippen MR) is 117 cm³/mol. The molecule has 3 rings (SSSR count). The maximum atomic E-state index is 12.8. The first kappa shape index (κ1) is 20.6. The summed E-state index contributed by atoms with van der Waals surface area (Å²) in [6.45, 7) is 10.6. The Morgan fingerprint density at radius 3 is 2.68 bits per heavy atom. The Labute approximate surface area is 169 Å². The fraction of sp³-hybridized carbons (Fsp3) is 0.440. The summed E-state index contributed by atoms with van der Waals surface area (Å²) in [5, 5.41) is 12.9. The van der Waals surface area contributed by atoms with Crippen molar-refractivity contribution in [3.63, 3.8) is 0 Å². The SMILES string of the molecule is CC(C)=CCCC(C)=CCCC1(C)C=CC2=C(O1)C(C)[NH+]([O-])c1ccccc12. The van der Waals surface area contributed by atoms with Crippen LogP contribution >= 0.6 is 0 Å². The van der Waals surface area contributed by atoms with E-state index in [1.165, 1.54) is 11.1 Å². The predicted octanol–water partition coefficient (Wildman–Crippen LogP) is 5.63. The monoisotopic (exact) mass is 379 g/mol. The van der Waals surface area contributed by atoms with Gasteiger partial charge in [0.2, 0.25) is 0 Å². The zero-order chi connectivity index (χ0) is 20.3. The van der Waals surface area contributed by atoms with Crippen LogP contribution in [0, 0.1) is 5.21 Å². The molecule has 0 bridgehead atoms. The molecule has 28 heavy (non-hydrogen) atoms. The molecule has 3 heteroatoms. The minimum Gasteiger partial charge on any atom is -0.628 e. The molecule has 0 radical (unpaired) electrons. The molecule has 0 aliphatic carbocycles. The van der Waals surface area contributed by atoms with Gasteiger partial charge in [-0.1, -0.05) is 41.5 Å². The number of hydroxylamine groups is 1. The molecule has 1 aromatic carbocycles. The molecule has 0 fully saturated rings. The molecule has 2 aliphatic rings. The van der Waals surface area contributed by atoms with Crippen LogP contribution in [0.4, 0.5) is 5.69 Å². The number of hydrogen-bond donors (Lipinski definition) is 1. The van der Waals surface area contributed by atoms with E-state index in [9.17, 15) is 5.21 Å². The number of quaternary nitrogens is 1. The molecule has 3 unspecified atom stereocenters. The molecule has 150 valence electrons. The van der Waals surface area contributed by atoms with Crippen LogP contribution in [0.3, 0.4) is 0 Å². The van der Waals surface area contributed by atoms with E-state index in [0.29, 0.717) is 0 Å². The molecular formula is C25H33NO2. The zero-order valence-corrected chi connectivity index (χ0v) is 17.8. The van der Waals surface area contributed by atoms with Gasteiger partial charge in [0.1, 0.15) is 17.3 Å². The average molecular weight is 380 g/mol. The van der Waals surface area contributed by atoms with Gasteiger partial charge in [-0.25, -0.2) is 0 Å². The van der Waals surface area contributed by atoms with Gasteiger partial charge in [0.15, 0.2) is 5.76 Å². The minimum absolute atomic E-state index is 0.155. The van der Waals surface area contributed by atoms with E-state index in [1.807, 2.05) is 31.2 Å². The molecule has 0 spiro atoms. The molecular weight excluding hydrogens is 346 g/mol. The van der Waals surface area contributed by atoms with Gasteiger partial charge in [-0.3, -0.25) is 0 Å². The maximum absolute atomic E-state index is 12.8. The van der Waals surface area contributed by atoms with Crippen molar-refractivity contribution in [2.75, 3.05) is 0 Å². The van der Waals surface area contributed by atoms with E-state index < -0.39 is 0 Å². The minimum atomic E-state index is -0.365. The lowest BCUT2D eigenvalue weighted by molar-refractivity contribution is -0.801. The molecule has 0 aromatic heterocycles. The highest BCUT2D eigenvalue weighted by molar-refractivity contribution is 5.83. The number of ether oxygens (including phenoxy) is 1. The van der Waals surface area contributed by atoms with Gasteiger partial charge in [0, 0.05) is 17.2 Å². The summed E-state index contributed by atoms with van der Waals surface area (Å²) in [6.07, 6.45) is 13.0. The van der Waals surface area contributed by atoms with Crippen LogP contribution in [0.15, 0.2) is 65.5 Å². The van der Waals surface area contributed by atoms with Crippen molar-refractivity contribution < 1.29 is 9.80 Å². The van der Waals surface area contributed by atoms with E-state index in [1.54, 1.807) is 0 Å². The first-order valence-electron chi connectivity index (χ1n) is 10.4. The standard InChI is InChI=1S/C25H33NO2/c1-18(2)10-8-11-19(3)12-9-16-25(5)17-15-22-21-13-6-7-14-23(21)26(27)20(4)24(22)28-25/h6-7,10,12-15,17,20,26H,8-9,11,16H2,1-5H3. The van der Waals surface area contributed by atoms with Gasteiger partial charge in [-0.15, -0.1) is 0 Å². The van der Waals surface area contributed by atoms with Gasteiger partial charge in [0.05, 0.1) is 0 Å². The third-order valence-corrected chi connectivity index (χ3v) is 5.71. The van der Waals surface area contributed by atoms with Gasteiger partial charge >= 0.3 is 0 Å². The summed E-state index contributed by atoms with van der Waals surface area (Å²) < 4.78 is 6.45. The van der Waals surface area contributed by atoms with Gasteiger partial charge in [0.25, 0.3) is 0 Å². The second-order valence-electron chi connectivity index (χ2n) is 8.57. The Balaban J connectivity index is 1.68. The fourth-order valence-electron chi connectivity index (χ4n) is 3.94. The number of hydrogen-bond acceptors (Lipinski definition) is 2. The molecule has 3 nitrogen and oxygen atoms in total. The number of fused-ring (bicyclic) bond motifs is 2. The first-order valence-corrected chi connectivity index (χ1v) is 10.4. The fourth-order valence-corrected chi connectivity index (χ4v) is 3.94. The Morgan fingerprint density at radius 2 is 1.93 bits per heavy atom. The van der Waals surface area contributed by atoms with Crippen LogP contribution in [-0.2, 0) is 4.74 Å². The summed E-state index contributed by atoms with van der Waals surface area (Å²) in [5.74, 6) is 0.831. The third-order valence-electron chi connectivity index (χ3n) is 5.71. The number of nitrogens with one attached hydrogen (secondary N) is 1. The number of allylic oxidation sites excluding steroid dienone is 6. The summed E-state index contributed by atoms with van der Waals surface area (Å²) in [6, 6.07) is 7.62. The maximum Gasteiger partial charge on any atom is 0.163 e. The van der Waals surface area contributed by atoms with E-state index in [0.717, 1.165) is 48.3 Å². The van der Waals surface area contributed by atoms with E-state index in [2.05, 4.69) is 52.0 Å². The number of rotatable bonds is 6. The van der Waals surface area contributed by atoms with E-state index >= 15 is 0 Å². The third kappa shape index (κ3) is 4.48. The molecule has 1 N–H and O–H groups in total. The van der Waals surface area contributed by atoms with Crippen molar-refractivity contribution in [3.05, 3.63) is 76.2 Å². The molecule has 1 aromatic rings. The highest BCUT2D eigenvalue weighted by Gasteiger charge is 2.37. The van der Waals surface area contributed by atoms with E-state index in [-0.39, 0.29) is 16.7 Å². The van der Waals surface area contributed by atoms with Crippen LogP contribution in [0.1, 0.15) is 65.9 Å². The van der Waals surface area contributed by atoms with E-state index in [4.69, 9.17) is 4.74 Å². The summed E-state index contributed by atoms with van der Waals surface area (Å²) >= 11 is 0. The zero-order valence-electron chi connectivity index (χ0n) is 17.8. The van der Waals surface area contributed by atoms with Crippen molar-refractivity contribution in [2.24, 2.45) is 0 Å². The summed E-state index contributed by atoms with van der Waals surface area (Å²) in [7, 11) is 0. The van der Waals surface area contributed by atoms with Crippen LogP contribution in [0.5, 0.6) is 0 Å². The van der Waals surface area contributed by atoms with Gasteiger partial charge in [-0.2, -0.15) is 0 Å². The molecule has 3 atom stereocenters. The quantitative estimate of drug-likeness (QED) is 0.513. The van der Waals surface area contributed by atoms with Crippen molar-refractivity contribution in [1.29, 1.82) is 0 Å². The lowest BCUT2D eigenvalue weighted by Crippen LogP contribution is -3.07. The van der Waals surface area contributed by atoms with Crippen molar-refractivity contribution in [3.8, 4) is 0 Å². The van der Waals surface area contributed by atoms with Crippen molar-refractivity contribution >= 4 is 11.3 Å². The van der Waals surface area contributed by atoms with Crippen LogP contribution in [0.25, 0.3) is 5.57 Å². The lowest BCUT2D eigenvalue weighted by atomic mass is 9.88. The second-order valence-corrected chi connectivity index (χ2v) is 8.57. The highest BCUT2D eigenvalue weighted by Crippen LogP contribution is 2.39. The molecule has 2 aliphatic heterocycles. The van der Waals surface area contributed by atoms with Crippen LogP contribution < -0.4 is 5.06 Å². The topological polar surface area (TPSA) is 36.7 Å². The Hall–Kier alpha value is -2.10. The van der Waals surface area contributed by atoms with Crippen LogP contribution in [0.2, 0.25) is 0 Å². The Kier molecular flexibility index (Phi) is 6.26. The summed E-state index contributed by atoms with van der Waals surface area (Å²) in [4.78, 5) is 0. The summed E-state index contributed by atoms with van der Waals surface area (Å²) in [5.41, 5.74) is 5.30. The molecule has 0 saturated carbocycles. The molecule has 0 saturated heterocycles. The van der Waals surface area contributed by atoms with Crippen LogP contribution in [-0.4, -0.2) is 11.6 Å². The normalized spacial score (nSPS) is 26.4. The van der Waals surface area contributed by atoms with Crippen molar-refractivity contribution in [2.45, 2.75) is 71.9 Å². The second kappa shape index (κ2) is 8.50. The largest absolute Gasteiger partial charge is 0.628 e. The molecule has 0 amide bonds. The smallest absolute Gasteiger partial charge is 0.163 e. The van der Waals surface area contributed by atoms with Crippen molar-refractivity contribution in [1.82, 2.24) is 0 Å². The van der Waals surface area contributed by atoms with Gasteiger partial charge in [-0.05, 0) is 72.4 Å². The average Bonchev–Trinajstić information content (AvgIpc) is 2.65. The Bertz CT molecular complexity index is 842. The number of para-hydroxylation sites is 1. The first-order chi connectivity index (χ1) is 13.3. The number of benzene rings is 1.